The summed E-state index contributed by atoms with van der Waals surface area (Å²) in [4.78, 5) is 20.3. The lowest BCUT2D eigenvalue weighted by Gasteiger charge is -2.32. The average Bonchev–Trinajstić information content (AvgIpc) is 3.58. The molecule has 4 aromatic rings. The number of amidine groups is 1. The Balaban J connectivity index is 1.21. The Bertz CT molecular complexity index is 1520. The Kier molecular flexibility index (Phi) is 7.32. The Morgan fingerprint density at radius 3 is 2.46 bits per heavy atom. The number of carbonyl (C=O) groups excluding carboxylic acids is 1. The first kappa shape index (κ1) is 25.2. The molecule has 39 heavy (non-hydrogen) atoms. The molecule has 0 N–H and O–H groups in total. The van der Waals surface area contributed by atoms with Crippen LogP contribution in [0, 0.1) is 5.92 Å². The van der Waals surface area contributed by atoms with Gasteiger partial charge in [0.15, 0.2) is 5.17 Å². The van der Waals surface area contributed by atoms with Gasteiger partial charge in [-0.25, -0.2) is 4.68 Å². The first-order chi connectivity index (χ1) is 19.2. The van der Waals surface area contributed by atoms with Gasteiger partial charge in [-0.1, -0.05) is 60.7 Å². The molecule has 3 aromatic carbocycles. The number of carbonyl (C=O) groups is 1. The van der Waals surface area contributed by atoms with Gasteiger partial charge in [0.2, 0.25) is 0 Å². The summed E-state index contributed by atoms with van der Waals surface area (Å²) < 4.78 is 7.30. The summed E-state index contributed by atoms with van der Waals surface area (Å²) in [6.45, 7) is 1.84. The summed E-state index contributed by atoms with van der Waals surface area (Å²) >= 11 is 1.47. The van der Waals surface area contributed by atoms with Crippen LogP contribution in [-0.2, 0) is 11.2 Å². The van der Waals surface area contributed by atoms with Gasteiger partial charge in [0.25, 0.3) is 5.91 Å². The minimum absolute atomic E-state index is 0.189. The van der Waals surface area contributed by atoms with Crippen LogP contribution in [0.15, 0.2) is 101 Å². The number of hydrogen-bond acceptors (Lipinski definition) is 5. The van der Waals surface area contributed by atoms with E-state index in [4.69, 9.17) is 9.84 Å². The average molecular weight is 535 g/mol. The van der Waals surface area contributed by atoms with Crippen molar-refractivity contribution in [1.82, 2.24) is 14.7 Å². The summed E-state index contributed by atoms with van der Waals surface area (Å²) in [5, 5.41) is 5.70. The van der Waals surface area contributed by atoms with Gasteiger partial charge >= 0.3 is 0 Å². The highest BCUT2D eigenvalue weighted by atomic mass is 32.2. The highest BCUT2D eigenvalue weighted by Crippen LogP contribution is 2.35. The lowest BCUT2D eigenvalue weighted by molar-refractivity contribution is -0.113. The predicted molar refractivity (Wildman–Crippen MR) is 158 cm³/mol. The van der Waals surface area contributed by atoms with Crippen molar-refractivity contribution in [3.05, 3.63) is 107 Å². The van der Waals surface area contributed by atoms with Gasteiger partial charge in [0.05, 0.1) is 17.7 Å². The van der Waals surface area contributed by atoms with Crippen molar-refractivity contribution in [2.75, 3.05) is 20.2 Å². The molecule has 2 aliphatic heterocycles. The van der Waals surface area contributed by atoms with E-state index in [1.54, 1.807) is 7.11 Å². The zero-order chi connectivity index (χ0) is 26.6. The van der Waals surface area contributed by atoms with E-state index in [2.05, 4.69) is 40.2 Å². The molecule has 1 saturated heterocycles. The molecule has 3 heterocycles. The molecule has 0 spiro atoms. The van der Waals surface area contributed by atoms with Crippen LogP contribution in [0.1, 0.15) is 24.0 Å². The van der Waals surface area contributed by atoms with Gasteiger partial charge in [0.1, 0.15) is 11.4 Å². The second-order valence-electron chi connectivity index (χ2n) is 9.88. The molecule has 2 aliphatic rings. The van der Waals surface area contributed by atoms with Crippen molar-refractivity contribution in [3.8, 4) is 22.7 Å². The number of thioether (sulfide) groups is 1. The smallest absolute Gasteiger partial charge is 0.286 e. The van der Waals surface area contributed by atoms with Crippen molar-refractivity contribution < 1.29 is 9.53 Å². The number of nitrogens with zero attached hydrogens (tertiary/aromatic N) is 4. The molecule has 0 unspecified atom stereocenters. The number of rotatable bonds is 6. The molecule has 0 aliphatic carbocycles. The first-order valence-corrected chi connectivity index (χ1v) is 14.1. The molecule has 0 saturated carbocycles. The fourth-order valence-electron chi connectivity index (χ4n) is 5.15. The number of methoxy groups -OCH3 is 1. The largest absolute Gasteiger partial charge is 0.497 e. The molecule has 7 heteroatoms. The highest BCUT2D eigenvalue weighted by molar-refractivity contribution is 8.18. The quantitative estimate of drug-likeness (QED) is 0.265. The fourth-order valence-corrected chi connectivity index (χ4v) is 6.11. The number of piperidine rings is 1. The number of para-hydroxylation sites is 1. The van der Waals surface area contributed by atoms with Crippen LogP contribution in [0.2, 0.25) is 0 Å². The van der Waals surface area contributed by atoms with E-state index in [9.17, 15) is 4.79 Å². The van der Waals surface area contributed by atoms with Gasteiger partial charge in [-0.3, -0.25) is 4.79 Å². The van der Waals surface area contributed by atoms with Gasteiger partial charge < -0.3 is 9.64 Å². The van der Waals surface area contributed by atoms with Gasteiger partial charge in [0, 0.05) is 30.4 Å². The Labute approximate surface area is 233 Å². The Morgan fingerprint density at radius 2 is 1.72 bits per heavy atom. The van der Waals surface area contributed by atoms with E-state index in [0.717, 1.165) is 65.8 Å². The number of amides is 1. The molecule has 0 bridgehead atoms. The maximum absolute atomic E-state index is 13.0. The van der Waals surface area contributed by atoms with Crippen LogP contribution in [-0.4, -0.2) is 46.0 Å². The minimum atomic E-state index is -0.189. The van der Waals surface area contributed by atoms with E-state index >= 15 is 0 Å². The highest BCUT2D eigenvalue weighted by Gasteiger charge is 2.29. The molecule has 6 nitrogen and oxygen atoms in total. The third-order valence-corrected chi connectivity index (χ3v) is 8.30. The van der Waals surface area contributed by atoms with E-state index in [-0.39, 0.29) is 5.91 Å². The van der Waals surface area contributed by atoms with E-state index < -0.39 is 0 Å². The van der Waals surface area contributed by atoms with E-state index in [0.29, 0.717) is 10.8 Å². The zero-order valence-corrected chi connectivity index (χ0v) is 22.7. The fraction of sp³-hybridized carbons (Fsp3) is 0.219. The maximum Gasteiger partial charge on any atom is 0.286 e. The normalized spacial score (nSPS) is 17.1. The standard InChI is InChI=1S/C32H30N4O2S/c1-38-28-14-8-11-25(20-28)30-26(22-36(34-30)27-12-6-3-7-13-27)21-29-31(37)33-32(39-29)35-17-15-24(16-18-35)19-23-9-4-2-5-10-23/h2-14,20-22,24H,15-19H2,1H3. The molecule has 196 valence electrons. The maximum atomic E-state index is 13.0. The van der Waals surface area contributed by atoms with Crippen LogP contribution >= 0.6 is 11.8 Å². The molecular weight excluding hydrogens is 504 g/mol. The molecule has 1 aromatic heterocycles. The Hall–Kier alpha value is -4.10. The Morgan fingerprint density at radius 1 is 0.974 bits per heavy atom. The van der Waals surface area contributed by atoms with Crippen molar-refractivity contribution in [2.45, 2.75) is 19.3 Å². The predicted octanol–water partition coefficient (Wildman–Crippen LogP) is 6.47. The third kappa shape index (κ3) is 5.68. The number of hydrogen-bond donors (Lipinski definition) is 0. The van der Waals surface area contributed by atoms with Gasteiger partial charge in [-0.05, 0) is 72.8 Å². The van der Waals surface area contributed by atoms with Crippen molar-refractivity contribution in [1.29, 1.82) is 0 Å². The number of benzene rings is 3. The number of likely N-dealkylation sites (tertiary alicyclic amines) is 1. The first-order valence-electron chi connectivity index (χ1n) is 13.3. The zero-order valence-electron chi connectivity index (χ0n) is 21.9. The van der Waals surface area contributed by atoms with Crippen LogP contribution in [0.4, 0.5) is 0 Å². The number of ether oxygens (including phenoxy) is 1. The van der Waals surface area contributed by atoms with Crippen molar-refractivity contribution >= 4 is 28.9 Å². The van der Waals surface area contributed by atoms with Crippen LogP contribution in [0.3, 0.4) is 0 Å². The van der Waals surface area contributed by atoms with E-state index in [1.165, 1.54) is 17.3 Å². The summed E-state index contributed by atoms with van der Waals surface area (Å²) in [6, 6.07) is 28.5. The second-order valence-corrected chi connectivity index (χ2v) is 10.9. The molecular formula is C32H30N4O2S. The third-order valence-electron chi connectivity index (χ3n) is 7.25. The summed E-state index contributed by atoms with van der Waals surface area (Å²) in [5.74, 6) is 1.23. The number of aliphatic imine (C=N–C) groups is 1. The van der Waals surface area contributed by atoms with Crippen LogP contribution in [0.5, 0.6) is 5.75 Å². The lowest BCUT2D eigenvalue weighted by Crippen LogP contribution is -2.37. The molecule has 0 radical (unpaired) electrons. The summed E-state index contributed by atoms with van der Waals surface area (Å²) in [7, 11) is 1.65. The number of aromatic nitrogens is 2. The summed E-state index contributed by atoms with van der Waals surface area (Å²) in [5.41, 5.74) is 4.92. The van der Waals surface area contributed by atoms with Crippen LogP contribution in [0.25, 0.3) is 23.0 Å². The molecule has 1 amide bonds. The molecule has 6 rings (SSSR count). The van der Waals surface area contributed by atoms with Crippen molar-refractivity contribution in [2.24, 2.45) is 10.9 Å². The van der Waals surface area contributed by atoms with Gasteiger partial charge in [-0.2, -0.15) is 10.1 Å². The van der Waals surface area contributed by atoms with Crippen molar-refractivity contribution in [3.63, 3.8) is 0 Å². The summed E-state index contributed by atoms with van der Waals surface area (Å²) in [6.07, 6.45) is 7.21. The molecule has 1 fully saturated rings. The topological polar surface area (TPSA) is 59.7 Å². The monoisotopic (exact) mass is 534 g/mol. The molecule has 0 atom stereocenters. The van der Waals surface area contributed by atoms with Gasteiger partial charge in [-0.15, -0.1) is 0 Å². The SMILES string of the molecule is COc1cccc(-c2nn(-c3ccccc3)cc2C=C2SC(N3CCC(Cc4ccccc4)CC3)=NC2=O)c1. The van der Waals surface area contributed by atoms with Crippen LogP contribution < -0.4 is 4.74 Å². The minimum Gasteiger partial charge on any atom is -0.497 e. The van der Waals surface area contributed by atoms with E-state index in [1.807, 2.05) is 71.6 Å². The lowest BCUT2D eigenvalue weighted by atomic mass is 9.90. The second kappa shape index (κ2) is 11.3.